The van der Waals surface area contributed by atoms with Crippen molar-refractivity contribution in [3.63, 3.8) is 0 Å². The van der Waals surface area contributed by atoms with Crippen LogP contribution in [-0.2, 0) is 0 Å². The van der Waals surface area contributed by atoms with Crippen LogP contribution in [0.3, 0.4) is 0 Å². The third kappa shape index (κ3) is 5.58. The average Bonchev–Trinajstić information content (AvgIpc) is 2.44. The summed E-state index contributed by atoms with van der Waals surface area (Å²) >= 11 is 0. The van der Waals surface area contributed by atoms with E-state index in [1.807, 2.05) is 0 Å². The van der Waals surface area contributed by atoms with Gasteiger partial charge in [-0.15, -0.1) is 0 Å². The van der Waals surface area contributed by atoms with Crippen LogP contribution in [-0.4, -0.2) is 12.6 Å². The van der Waals surface area contributed by atoms with E-state index in [0.29, 0.717) is 11.0 Å². The molecule has 21 heavy (non-hydrogen) atoms. The Balaban J connectivity index is 2.86. The summed E-state index contributed by atoms with van der Waals surface area (Å²) in [6.07, 6.45) is 11.0. The maximum absolute atomic E-state index is 3.63. The molecule has 1 aliphatic carbocycles. The smallest absolute Gasteiger partial charge is 0.0150 e. The van der Waals surface area contributed by atoms with Crippen molar-refractivity contribution in [1.82, 2.24) is 5.32 Å². The van der Waals surface area contributed by atoms with Gasteiger partial charge in [0, 0.05) is 5.54 Å². The van der Waals surface area contributed by atoms with E-state index < -0.39 is 0 Å². The van der Waals surface area contributed by atoms with E-state index in [0.717, 1.165) is 17.8 Å². The first-order valence-electron chi connectivity index (χ1n) is 9.43. The Morgan fingerprint density at radius 1 is 0.952 bits per heavy atom. The predicted molar refractivity (Wildman–Crippen MR) is 95.7 cm³/mol. The highest BCUT2D eigenvalue weighted by atomic mass is 14.9. The highest BCUT2D eigenvalue weighted by Gasteiger charge is 2.33. The van der Waals surface area contributed by atoms with Gasteiger partial charge in [0.25, 0.3) is 0 Å². The molecule has 1 fully saturated rings. The molecular weight excluding hydrogens is 254 g/mol. The van der Waals surface area contributed by atoms with E-state index >= 15 is 0 Å². The van der Waals surface area contributed by atoms with Crippen LogP contribution in [0.1, 0.15) is 92.9 Å². The molecule has 0 saturated heterocycles. The van der Waals surface area contributed by atoms with E-state index in [9.17, 15) is 0 Å². The van der Waals surface area contributed by atoms with Gasteiger partial charge in [-0.25, -0.2) is 0 Å². The van der Waals surface area contributed by atoms with Crippen molar-refractivity contribution in [2.24, 2.45) is 23.2 Å². The summed E-state index contributed by atoms with van der Waals surface area (Å²) < 4.78 is 0. The second kappa shape index (κ2) is 7.99. The van der Waals surface area contributed by atoms with Crippen molar-refractivity contribution in [3.05, 3.63) is 0 Å². The molecule has 1 heteroatoms. The van der Waals surface area contributed by atoms with Crippen LogP contribution in [0.25, 0.3) is 0 Å². The molecule has 0 aromatic carbocycles. The molecule has 1 saturated carbocycles. The third-order valence-electron chi connectivity index (χ3n) is 6.84. The first kappa shape index (κ1) is 19.0. The average molecular weight is 296 g/mol. The molecule has 0 bridgehead atoms. The quantitative estimate of drug-likeness (QED) is 0.655. The molecule has 0 aromatic heterocycles. The largest absolute Gasteiger partial charge is 0.315 e. The molecule has 0 spiro atoms. The topological polar surface area (TPSA) is 12.0 Å². The molecule has 4 unspecified atom stereocenters. The van der Waals surface area contributed by atoms with Crippen LogP contribution >= 0.6 is 0 Å². The van der Waals surface area contributed by atoms with Gasteiger partial charge in [0.2, 0.25) is 0 Å². The summed E-state index contributed by atoms with van der Waals surface area (Å²) in [5.41, 5.74) is 0.834. The van der Waals surface area contributed by atoms with Gasteiger partial charge in [0.05, 0.1) is 0 Å². The van der Waals surface area contributed by atoms with Crippen LogP contribution in [0.2, 0.25) is 0 Å². The Hall–Kier alpha value is -0.0400. The molecule has 0 radical (unpaired) electrons. The van der Waals surface area contributed by atoms with Gasteiger partial charge in [0.15, 0.2) is 0 Å². The Kier molecular flexibility index (Phi) is 7.24. The van der Waals surface area contributed by atoms with Gasteiger partial charge >= 0.3 is 0 Å². The zero-order valence-electron chi connectivity index (χ0n) is 15.9. The van der Waals surface area contributed by atoms with E-state index in [-0.39, 0.29) is 0 Å². The van der Waals surface area contributed by atoms with Gasteiger partial charge in [-0.2, -0.15) is 0 Å². The van der Waals surface area contributed by atoms with E-state index in [1.165, 1.54) is 51.4 Å². The van der Waals surface area contributed by atoms with Crippen LogP contribution in [0.15, 0.2) is 0 Å². The minimum atomic E-state index is 0.343. The molecule has 0 heterocycles. The molecule has 1 nitrogen and oxygen atoms in total. The fourth-order valence-corrected chi connectivity index (χ4v) is 4.16. The first-order valence-corrected chi connectivity index (χ1v) is 9.43. The van der Waals surface area contributed by atoms with Crippen molar-refractivity contribution in [3.8, 4) is 0 Å². The molecule has 0 aromatic rings. The summed E-state index contributed by atoms with van der Waals surface area (Å²) in [6, 6.07) is 0. The van der Waals surface area contributed by atoms with Crippen molar-refractivity contribution in [1.29, 1.82) is 0 Å². The fraction of sp³-hybridized carbons (Fsp3) is 1.00. The molecule has 1 rings (SSSR count). The van der Waals surface area contributed by atoms with Gasteiger partial charge in [-0.05, 0) is 62.8 Å². The van der Waals surface area contributed by atoms with Crippen molar-refractivity contribution in [2.45, 2.75) is 98.4 Å². The Morgan fingerprint density at radius 3 is 2.19 bits per heavy atom. The fourth-order valence-electron chi connectivity index (χ4n) is 4.16. The maximum atomic E-state index is 3.63. The van der Waals surface area contributed by atoms with Crippen LogP contribution < -0.4 is 5.32 Å². The Bertz CT molecular complexity index is 296. The summed E-state index contributed by atoms with van der Waals surface area (Å²) in [6.45, 7) is 14.8. The second-order valence-electron chi connectivity index (χ2n) is 8.83. The highest BCUT2D eigenvalue weighted by Crippen LogP contribution is 2.42. The normalized spacial score (nSPS) is 39.3. The van der Waals surface area contributed by atoms with E-state index in [2.05, 4.69) is 53.9 Å². The molecular formula is C20H41N. The van der Waals surface area contributed by atoms with Crippen LogP contribution in [0.5, 0.6) is 0 Å². The Labute approximate surface area is 134 Å². The number of rotatable bonds is 2. The molecule has 126 valence electrons. The highest BCUT2D eigenvalue weighted by molar-refractivity contribution is 4.87. The zero-order valence-corrected chi connectivity index (χ0v) is 15.9. The van der Waals surface area contributed by atoms with Crippen LogP contribution in [0.4, 0.5) is 0 Å². The minimum absolute atomic E-state index is 0.343. The summed E-state index contributed by atoms with van der Waals surface area (Å²) in [7, 11) is 2.16. The lowest BCUT2D eigenvalue weighted by Gasteiger charge is -2.40. The lowest BCUT2D eigenvalue weighted by molar-refractivity contribution is 0.111. The third-order valence-corrected chi connectivity index (χ3v) is 6.84. The molecule has 4 atom stereocenters. The van der Waals surface area contributed by atoms with Crippen molar-refractivity contribution >= 4 is 0 Å². The summed E-state index contributed by atoms with van der Waals surface area (Å²) in [5.74, 6) is 2.59. The first-order chi connectivity index (χ1) is 9.74. The second-order valence-corrected chi connectivity index (χ2v) is 8.83. The minimum Gasteiger partial charge on any atom is -0.315 e. The van der Waals surface area contributed by atoms with Gasteiger partial charge in [0.1, 0.15) is 0 Å². The zero-order chi connectivity index (χ0) is 16.1. The van der Waals surface area contributed by atoms with Gasteiger partial charge < -0.3 is 5.32 Å². The summed E-state index contributed by atoms with van der Waals surface area (Å²) in [5, 5.41) is 3.63. The standard InChI is InChI=1S/C20H41N/c1-8-18-12-15-20(6,21-7)13-9-10-16(2)11-14-19(4,5)17(18)3/h16-18,21H,8-15H2,1-7H3. The van der Waals surface area contributed by atoms with Gasteiger partial charge in [-0.3, -0.25) is 0 Å². The summed E-state index contributed by atoms with van der Waals surface area (Å²) in [4.78, 5) is 0. The number of hydrogen-bond donors (Lipinski definition) is 1. The molecule has 0 amide bonds. The van der Waals surface area contributed by atoms with Crippen LogP contribution in [0, 0.1) is 23.2 Å². The Morgan fingerprint density at radius 2 is 1.62 bits per heavy atom. The SMILES string of the molecule is CCC1CCC(C)(NC)CCCC(C)CCC(C)(C)C1C. The monoisotopic (exact) mass is 295 g/mol. The molecule has 1 N–H and O–H groups in total. The lowest BCUT2D eigenvalue weighted by Crippen LogP contribution is -2.41. The maximum Gasteiger partial charge on any atom is 0.0150 e. The predicted octanol–water partition coefficient (Wildman–Crippen LogP) is 6.03. The van der Waals surface area contributed by atoms with Crippen molar-refractivity contribution < 1.29 is 0 Å². The van der Waals surface area contributed by atoms with E-state index in [4.69, 9.17) is 0 Å². The lowest BCUT2D eigenvalue weighted by atomic mass is 9.66. The number of nitrogens with one attached hydrogen (secondary N) is 1. The molecule has 1 aliphatic rings. The van der Waals surface area contributed by atoms with Crippen molar-refractivity contribution in [2.75, 3.05) is 7.05 Å². The molecule has 0 aliphatic heterocycles. The van der Waals surface area contributed by atoms with E-state index in [1.54, 1.807) is 0 Å². The van der Waals surface area contributed by atoms with Gasteiger partial charge in [-0.1, -0.05) is 60.3 Å². The number of hydrogen-bond acceptors (Lipinski definition) is 1.